The number of aromatic nitrogens is 1. The molecule has 5 aliphatic carbocycles. The molecule has 7 nitrogen and oxygen atoms in total. The molecular weight excluding hydrogens is 574 g/mol. The Bertz CT molecular complexity index is 1380. The zero-order chi connectivity index (χ0) is 33.3. The second-order valence-corrected chi connectivity index (χ2v) is 17.6. The standard InChI is InChI=1S/C39H59N3O4/c1-25(2)27-13-18-39(24-43)20-19-37(6)28(33(27)39)11-12-30-36(5)16-15-31(35(3,4)29(36)14-17-38(30,37)7)46-32(44)23-42-21-9-8-10-26(42)22-41-34(40)45/h8-10,21,27-31,33H,1,11-20,22-24H2,2-7H3,(H3,40,41,45)/t27-,28?,29?,30?,31-,33?,36-,37+,38+,39+/m0/s1. The van der Waals surface area contributed by atoms with Gasteiger partial charge in [-0.1, -0.05) is 52.8 Å². The first-order chi connectivity index (χ1) is 21.6. The van der Waals surface area contributed by atoms with Gasteiger partial charge in [0.05, 0.1) is 0 Å². The lowest BCUT2D eigenvalue weighted by molar-refractivity contribution is -0.693. The van der Waals surface area contributed by atoms with Gasteiger partial charge in [0, 0.05) is 17.5 Å². The Labute approximate surface area is 277 Å². The van der Waals surface area contributed by atoms with Crippen LogP contribution in [0.15, 0.2) is 36.5 Å². The smallest absolute Gasteiger partial charge is 0.372 e. The Balaban J connectivity index is 1.21. The molecule has 7 heteroatoms. The van der Waals surface area contributed by atoms with E-state index in [1.165, 1.54) is 31.3 Å². The van der Waals surface area contributed by atoms with Gasteiger partial charge < -0.3 is 20.9 Å². The van der Waals surface area contributed by atoms with E-state index >= 15 is 0 Å². The zero-order valence-corrected chi connectivity index (χ0v) is 29.3. The molecule has 5 fully saturated rings. The maximum Gasteiger partial charge on any atom is 0.372 e. The number of urea groups is 1. The summed E-state index contributed by atoms with van der Waals surface area (Å²) >= 11 is 0. The lowest BCUT2D eigenvalue weighted by atomic mass is 9.32. The van der Waals surface area contributed by atoms with E-state index in [-0.39, 0.29) is 58.8 Å². The molecule has 46 heavy (non-hydrogen) atoms. The maximum absolute atomic E-state index is 13.4. The number of rotatable bonds is 7. The fourth-order valence-corrected chi connectivity index (χ4v) is 13.1. The van der Waals surface area contributed by atoms with Gasteiger partial charge in [0.2, 0.25) is 12.2 Å². The van der Waals surface area contributed by atoms with Gasteiger partial charge in [-0.25, -0.2) is 9.59 Å². The third kappa shape index (κ3) is 4.96. The van der Waals surface area contributed by atoms with Crippen molar-refractivity contribution in [1.82, 2.24) is 5.32 Å². The molecule has 1 aromatic rings. The van der Waals surface area contributed by atoms with Crippen LogP contribution in [-0.4, -0.2) is 24.7 Å². The van der Waals surface area contributed by atoms with Gasteiger partial charge in [-0.05, 0) is 122 Å². The molecule has 2 amide bonds. The summed E-state index contributed by atoms with van der Waals surface area (Å²) in [6.45, 7) is 19.6. The van der Waals surface area contributed by atoms with E-state index in [1.807, 2.05) is 29.0 Å². The summed E-state index contributed by atoms with van der Waals surface area (Å²) in [4.78, 5) is 24.7. The molecule has 0 bridgehead atoms. The van der Waals surface area contributed by atoms with Crippen molar-refractivity contribution < 1.29 is 24.0 Å². The van der Waals surface area contributed by atoms with Crippen molar-refractivity contribution >= 4 is 12.0 Å². The number of primary amides is 1. The van der Waals surface area contributed by atoms with Crippen LogP contribution >= 0.6 is 0 Å². The van der Waals surface area contributed by atoms with Crippen LogP contribution in [0.5, 0.6) is 0 Å². The highest BCUT2D eigenvalue weighted by Crippen LogP contribution is 2.77. The first-order valence-corrected chi connectivity index (χ1v) is 18.1. The van der Waals surface area contributed by atoms with Crippen molar-refractivity contribution in [3.63, 3.8) is 0 Å². The summed E-state index contributed by atoms with van der Waals surface area (Å²) in [5.74, 6) is 2.46. The van der Waals surface area contributed by atoms with Crippen molar-refractivity contribution in [2.45, 2.75) is 125 Å². The normalized spacial score (nSPS) is 42.5. The van der Waals surface area contributed by atoms with Gasteiger partial charge >= 0.3 is 12.0 Å². The fourth-order valence-electron chi connectivity index (χ4n) is 13.1. The highest BCUT2D eigenvalue weighted by molar-refractivity contribution is 5.71. The topological polar surface area (TPSA) is 108 Å². The van der Waals surface area contributed by atoms with Crippen molar-refractivity contribution in [1.29, 1.82) is 0 Å². The first kappa shape index (κ1) is 33.5. The van der Waals surface area contributed by atoms with E-state index in [0.29, 0.717) is 29.6 Å². The minimum Gasteiger partial charge on any atom is -0.854 e. The zero-order valence-electron chi connectivity index (χ0n) is 29.3. The van der Waals surface area contributed by atoms with E-state index in [0.717, 1.165) is 44.2 Å². The summed E-state index contributed by atoms with van der Waals surface area (Å²) in [6.07, 6.45) is 13.0. The van der Waals surface area contributed by atoms with Crippen LogP contribution in [0.25, 0.3) is 0 Å². The molecule has 6 rings (SSSR count). The molecule has 10 atom stereocenters. The molecule has 0 aliphatic heterocycles. The Kier molecular flexibility index (Phi) is 8.47. The Morgan fingerprint density at radius 1 is 0.978 bits per heavy atom. The summed E-state index contributed by atoms with van der Waals surface area (Å²) in [5, 5.41) is 15.5. The van der Waals surface area contributed by atoms with Gasteiger partial charge in [-0.2, -0.15) is 4.57 Å². The predicted octanol–water partition coefficient (Wildman–Crippen LogP) is 6.07. The van der Waals surface area contributed by atoms with Crippen molar-refractivity contribution in [3.8, 4) is 0 Å². The maximum atomic E-state index is 13.4. The number of nitrogens with two attached hydrogens (primary N) is 1. The third-order valence-corrected chi connectivity index (χ3v) is 15.5. The van der Waals surface area contributed by atoms with Gasteiger partial charge in [0.25, 0.3) is 0 Å². The number of allylic oxidation sites excluding steroid dienone is 1. The predicted molar refractivity (Wildman–Crippen MR) is 177 cm³/mol. The van der Waals surface area contributed by atoms with Gasteiger partial charge in [-0.3, -0.25) is 0 Å². The summed E-state index contributed by atoms with van der Waals surface area (Å²) in [5.41, 5.74) is 7.86. The second kappa shape index (κ2) is 11.6. The van der Waals surface area contributed by atoms with E-state index < -0.39 is 6.03 Å². The number of carbonyl (C=O) groups excluding carboxylic acids is 2. The molecule has 0 radical (unpaired) electrons. The molecule has 4 unspecified atom stereocenters. The lowest BCUT2D eigenvalue weighted by Gasteiger charge is -2.73. The molecule has 0 spiro atoms. The molecular formula is C39H59N3O4. The average molecular weight is 634 g/mol. The lowest BCUT2D eigenvalue weighted by Crippen LogP contribution is -2.67. The fraction of sp³-hybridized carbons (Fsp3) is 0.769. The molecule has 1 heterocycles. The van der Waals surface area contributed by atoms with Crippen LogP contribution in [-0.2, 0) is 22.6 Å². The number of nitrogens with zero attached hydrogens (tertiary/aromatic N) is 1. The number of hydrogen-bond donors (Lipinski definition) is 2. The van der Waals surface area contributed by atoms with Gasteiger partial charge in [-0.15, -0.1) is 6.61 Å². The molecule has 254 valence electrons. The van der Waals surface area contributed by atoms with Crippen LogP contribution in [0.2, 0.25) is 0 Å². The summed E-state index contributed by atoms with van der Waals surface area (Å²) in [7, 11) is 0. The van der Waals surface area contributed by atoms with Gasteiger partial charge in [0.1, 0.15) is 12.6 Å². The van der Waals surface area contributed by atoms with E-state index in [2.05, 4.69) is 53.4 Å². The number of fused-ring (bicyclic) bond motifs is 7. The third-order valence-electron chi connectivity index (χ3n) is 15.5. The Morgan fingerprint density at radius 3 is 2.43 bits per heavy atom. The van der Waals surface area contributed by atoms with E-state index in [9.17, 15) is 14.7 Å². The van der Waals surface area contributed by atoms with Crippen molar-refractivity contribution in [2.24, 2.45) is 62.4 Å². The van der Waals surface area contributed by atoms with E-state index in [4.69, 9.17) is 10.5 Å². The molecule has 3 N–H and O–H groups in total. The number of carbonyl (C=O) groups is 2. The van der Waals surface area contributed by atoms with Crippen LogP contribution in [0.1, 0.15) is 111 Å². The highest BCUT2D eigenvalue weighted by atomic mass is 16.5. The second-order valence-electron chi connectivity index (χ2n) is 17.6. The number of esters is 1. The number of hydrogen-bond acceptors (Lipinski definition) is 4. The number of ether oxygens (including phenoxy) is 1. The van der Waals surface area contributed by atoms with Crippen LogP contribution in [0.3, 0.4) is 0 Å². The minimum absolute atomic E-state index is 0.0286. The van der Waals surface area contributed by atoms with Crippen molar-refractivity contribution in [2.75, 3.05) is 6.61 Å². The largest absolute Gasteiger partial charge is 0.854 e. The van der Waals surface area contributed by atoms with Crippen molar-refractivity contribution in [3.05, 3.63) is 42.2 Å². The van der Waals surface area contributed by atoms with Crippen LogP contribution in [0, 0.1) is 56.7 Å². The molecule has 5 aliphatic rings. The van der Waals surface area contributed by atoms with Crippen LogP contribution in [0.4, 0.5) is 4.79 Å². The number of pyridine rings is 1. The molecule has 0 saturated heterocycles. The Hall–Kier alpha value is -2.41. The molecule has 1 aromatic heterocycles. The molecule has 0 aromatic carbocycles. The Morgan fingerprint density at radius 2 is 1.74 bits per heavy atom. The SMILES string of the molecule is C=C(C)[C@@H]1CC[C@]2(C[O-])CC[C@]3(C)C(CCC4[C@@]5(C)CC[C@H](OC(=O)C[n+]6ccccc6CNC(N)=O)C(C)(C)C5CC[C@]43C)C12. The highest BCUT2D eigenvalue weighted by Gasteiger charge is 2.70. The van der Waals surface area contributed by atoms with Crippen LogP contribution < -0.4 is 20.7 Å². The first-order valence-electron chi connectivity index (χ1n) is 18.1. The quantitative estimate of drug-likeness (QED) is 0.216. The summed E-state index contributed by atoms with van der Waals surface area (Å²) in [6, 6.07) is 5.05. The average Bonchev–Trinajstić information content (AvgIpc) is 3.39. The van der Waals surface area contributed by atoms with E-state index in [1.54, 1.807) is 0 Å². The monoisotopic (exact) mass is 633 g/mol. The molecule has 5 saturated carbocycles. The minimum atomic E-state index is -0.593. The summed E-state index contributed by atoms with van der Waals surface area (Å²) < 4.78 is 8.18. The number of amides is 2. The van der Waals surface area contributed by atoms with Gasteiger partial charge in [0.15, 0.2) is 6.20 Å². The number of nitrogens with one attached hydrogen (secondary N) is 1.